The van der Waals surface area contributed by atoms with Gasteiger partial charge in [0.25, 0.3) is 0 Å². The highest BCUT2D eigenvalue weighted by Crippen LogP contribution is 2.13. The first kappa shape index (κ1) is 11.7. The van der Waals surface area contributed by atoms with Crippen LogP contribution in [0.5, 0.6) is 0 Å². The summed E-state index contributed by atoms with van der Waals surface area (Å²) >= 11 is 0. The Labute approximate surface area is 69.8 Å². The third-order valence-electron chi connectivity index (χ3n) is 1.59. The lowest BCUT2D eigenvalue weighted by Crippen LogP contribution is -2.41. The number of nitrogens with one attached hydrogen (secondary N) is 1. The molecule has 0 radical (unpaired) electrons. The molecule has 0 aliphatic carbocycles. The molecule has 0 spiro atoms. The summed E-state index contributed by atoms with van der Waals surface area (Å²) in [5.74, 6) is 0. The van der Waals surface area contributed by atoms with Crippen LogP contribution in [0.15, 0.2) is 0 Å². The Morgan fingerprint density at radius 1 is 1.25 bits per heavy atom. The average molecular weight is 185 g/mol. The molecule has 0 aliphatic rings. The highest BCUT2D eigenvalue weighted by atomic mass is 19.4. The molecule has 0 amide bonds. The van der Waals surface area contributed by atoms with Crippen molar-refractivity contribution in [1.29, 1.82) is 0 Å². The van der Waals surface area contributed by atoms with Crippen LogP contribution in [0.2, 0.25) is 0 Å². The topological polar surface area (TPSA) is 32.3 Å². The van der Waals surface area contributed by atoms with Crippen molar-refractivity contribution in [1.82, 2.24) is 5.32 Å². The maximum atomic E-state index is 11.6. The molecule has 2 N–H and O–H groups in total. The lowest BCUT2D eigenvalue weighted by atomic mass is 10.0. The second-order valence-corrected chi connectivity index (χ2v) is 3.07. The van der Waals surface area contributed by atoms with Gasteiger partial charge in [-0.2, -0.15) is 13.2 Å². The molecule has 0 aliphatic heterocycles. The Bertz CT molecular complexity index is 133. The summed E-state index contributed by atoms with van der Waals surface area (Å²) < 4.78 is 34.8. The zero-order valence-corrected chi connectivity index (χ0v) is 7.20. The number of rotatable bonds is 4. The van der Waals surface area contributed by atoms with Gasteiger partial charge in [-0.1, -0.05) is 6.92 Å². The molecular weight excluding hydrogens is 171 g/mol. The van der Waals surface area contributed by atoms with Crippen LogP contribution < -0.4 is 5.32 Å². The summed E-state index contributed by atoms with van der Waals surface area (Å²) in [5, 5.41) is 11.4. The number of hydrogen-bond donors (Lipinski definition) is 2. The van der Waals surface area contributed by atoms with E-state index in [1.165, 1.54) is 6.92 Å². The van der Waals surface area contributed by atoms with Crippen molar-refractivity contribution in [3.8, 4) is 0 Å². The molecular formula is C7H14F3NO. The fourth-order valence-corrected chi connectivity index (χ4v) is 0.599. The van der Waals surface area contributed by atoms with Crippen molar-refractivity contribution in [2.24, 2.45) is 0 Å². The van der Waals surface area contributed by atoms with Crippen molar-refractivity contribution in [2.75, 3.05) is 13.1 Å². The Morgan fingerprint density at radius 2 is 1.75 bits per heavy atom. The van der Waals surface area contributed by atoms with E-state index in [1.807, 2.05) is 0 Å². The first-order valence-corrected chi connectivity index (χ1v) is 3.77. The Hall–Kier alpha value is -0.290. The minimum absolute atomic E-state index is 0.0387. The Kier molecular flexibility index (Phi) is 3.99. The fraction of sp³-hybridized carbons (Fsp3) is 1.00. The SMILES string of the molecule is CCC(C)(O)CNCC(F)(F)F. The Morgan fingerprint density at radius 3 is 2.08 bits per heavy atom. The first-order valence-electron chi connectivity index (χ1n) is 3.77. The van der Waals surface area contributed by atoms with Gasteiger partial charge in [0, 0.05) is 6.54 Å². The van der Waals surface area contributed by atoms with Crippen LogP contribution in [-0.2, 0) is 0 Å². The van der Waals surface area contributed by atoms with E-state index in [2.05, 4.69) is 5.32 Å². The van der Waals surface area contributed by atoms with Crippen molar-refractivity contribution >= 4 is 0 Å². The van der Waals surface area contributed by atoms with Gasteiger partial charge in [0.05, 0.1) is 12.1 Å². The molecule has 0 heterocycles. The first-order chi connectivity index (χ1) is 5.27. The van der Waals surface area contributed by atoms with Gasteiger partial charge in [0.15, 0.2) is 0 Å². The zero-order chi connectivity index (χ0) is 9.83. The van der Waals surface area contributed by atoms with Crippen LogP contribution in [0.3, 0.4) is 0 Å². The Balaban J connectivity index is 3.57. The molecule has 0 aromatic heterocycles. The molecule has 2 nitrogen and oxygen atoms in total. The maximum Gasteiger partial charge on any atom is 0.401 e. The summed E-state index contributed by atoms with van der Waals surface area (Å²) in [7, 11) is 0. The third kappa shape index (κ3) is 6.42. The molecule has 74 valence electrons. The molecule has 0 aromatic carbocycles. The van der Waals surface area contributed by atoms with Crippen LogP contribution in [-0.4, -0.2) is 30.0 Å². The van der Waals surface area contributed by atoms with E-state index in [-0.39, 0.29) is 6.54 Å². The van der Waals surface area contributed by atoms with E-state index >= 15 is 0 Å². The second-order valence-electron chi connectivity index (χ2n) is 3.07. The average Bonchev–Trinajstić information content (AvgIpc) is 1.84. The van der Waals surface area contributed by atoms with Gasteiger partial charge < -0.3 is 10.4 Å². The summed E-state index contributed by atoms with van der Waals surface area (Å²) in [6.45, 7) is 2.12. The van der Waals surface area contributed by atoms with Crippen LogP contribution in [0.25, 0.3) is 0 Å². The summed E-state index contributed by atoms with van der Waals surface area (Å²) in [6.07, 6.45) is -3.78. The molecule has 12 heavy (non-hydrogen) atoms. The molecule has 0 saturated heterocycles. The highest BCUT2D eigenvalue weighted by Gasteiger charge is 2.28. The van der Waals surface area contributed by atoms with Gasteiger partial charge >= 0.3 is 6.18 Å². The number of alkyl halides is 3. The summed E-state index contributed by atoms with van der Waals surface area (Å²) in [5.41, 5.74) is -1.05. The molecule has 0 rings (SSSR count). The van der Waals surface area contributed by atoms with Crippen molar-refractivity contribution in [3.05, 3.63) is 0 Å². The van der Waals surface area contributed by atoms with E-state index in [9.17, 15) is 18.3 Å². The fourth-order valence-electron chi connectivity index (χ4n) is 0.599. The van der Waals surface area contributed by atoms with Gasteiger partial charge in [-0.3, -0.25) is 0 Å². The predicted octanol–water partition coefficient (Wildman–Crippen LogP) is 1.30. The van der Waals surface area contributed by atoms with Crippen LogP contribution >= 0.6 is 0 Å². The van der Waals surface area contributed by atoms with Gasteiger partial charge in [-0.05, 0) is 13.3 Å². The van der Waals surface area contributed by atoms with E-state index < -0.39 is 18.3 Å². The van der Waals surface area contributed by atoms with E-state index in [4.69, 9.17) is 0 Å². The normalized spacial score (nSPS) is 17.5. The van der Waals surface area contributed by atoms with Crippen LogP contribution in [0.1, 0.15) is 20.3 Å². The summed E-state index contributed by atoms with van der Waals surface area (Å²) in [4.78, 5) is 0. The summed E-state index contributed by atoms with van der Waals surface area (Å²) in [6, 6.07) is 0. The van der Waals surface area contributed by atoms with Gasteiger partial charge in [0.2, 0.25) is 0 Å². The largest absolute Gasteiger partial charge is 0.401 e. The predicted molar refractivity (Wildman–Crippen MR) is 39.8 cm³/mol. The minimum Gasteiger partial charge on any atom is -0.389 e. The van der Waals surface area contributed by atoms with Gasteiger partial charge in [-0.25, -0.2) is 0 Å². The van der Waals surface area contributed by atoms with Crippen LogP contribution in [0, 0.1) is 0 Å². The molecule has 5 heteroatoms. The lowest BCUT2D eigenvalue weighted by molar-refractivity contribution is -0.126. The number of hydrogen-bond acceptors (Lipinski definition) is 2. The monoisotopic (exact) mass is 185 g/mol. The molecule has 0 bridgehead atoms. The number of aliphatic hydroxyl groups is 1. The molecule has 0 aromatic rings. The standard InChI is InChI=1S/C7H14F3NO/c1-3-6(2,12)4-11-5-7(8,9)10/h11-12H,3-5H2,1-2H3. The van der Waals surface area contributed by atoms with Crippen LogP contribution in [0.4, 0.5) is 13.2 Å². The molecule has 0 saturated carbocycles. The van der Waals surface area contributed by atoms with Crippen molar-refractivity contribution in [3.63, 3.8) is 0 Å². The quantitative estimate of drug-likeness (QED) is 0.692. The molecule has 1 atom stereocenters. The highest BCUT2D eigenvalue weighted by molar-refractivity contribution is 4.73. The van der Waals surface area contributed by atoms with E-state index in [1.54, 1.807) is 6.92 Å². The van der Waals surface area contributed by atoms with E-state index in [0.717, 1.165) is 0 Å². The van der Waals surface area contributed by atoms with Gasteiger partial charge in [0.1, 0.15) is 0 Å². The lowest BCUT2D eigenvalue weighted by Gasteiger charge is -2.21. The molecule has 1 unspecified atom stereocenters. The minimum atomic E-state index is -4.20. The molecule has 0 fully saturated rings. The van der Waals surface area contributed by atoms with Gasteiger partial charge in [-0.15, -0.1) is 0 Å². The van der Waals surface area contributed by atoms with Crippen molar-refractivity contribution < 1.29 is 18.3 Å². The smallest absolute Gasteiger partial charge is 0.389 e. The third-order valence-corrected chi connectivity index (χ3v) is 1.59. The van der Waals surface area contributed by atoms with Crippen molar-refractivity contribution in [2.45, 2.75) is 32.0 Å². The zero-order valence-electron chi connectivity index (χ0n) is 7.20. The maximum absolute atomic E-state index is 11.6. The van der Waals surface area contributed by atoms with E-state index in [0.29, 0.717) is 6.42 Å². The second kappa shape index (κ2) is 4.09. The number of halogens is 3.